The second kappa shape index (κ2) is 9.00. The number of carboxylic acid groups (broad SMARTS) is 1. The number of carbonyl (C=O) groups is 2. The summed E-state index contributed by atoms with van der Waals surface area (Å²) in [7, 11) is 0. The molecule has 0 aliphatic rings. The molecule has 2 amide bonds. The van der Waals surface area contributed by atoms with Gasteiger partial charge in [-0.25, -0.2) is 4.79 Å². The van der Waals surface area contributed by atoms with Crippen LogP contribution in [0.5, 0.6) is 0 Å². The Morgan fingerprint density at radius 1 is 1.12 bits per heavy atom. The van der Waals surface area contributed by atoms with Crippen molar-refractivity contribution < 1.29 is 14.7 Å². The van der Waals surface area contributed by atoms with Crippen molar-refractivity contribution in [1.29, 1.82) is 0 Å². The highest BCUT2D eigenvalue weighted by atomic mass is 16.4. The van der Waals surface area contributed by atoms with Crippen LogP contribution >= 0.6 is 0 Å². The van der Waals surface area contributed by atoms with E-state index < -0.39 is 5.97 Å². The Bertz CT molecular complexity index is 211. The van der Waals surface area contributed by atoms with E-state index in [4.69, 9.17) is 5.11 Å². The summed E-state index contributed by atoms with van der Waals surface area (Å²) in [6.07, 6.45) is 3.94. The molecule has 0 rings (SSSR count). The van der Waals surface area contributed by atoms with E-state index in [1.165, 1.54) is 0 Å². The van der Waals surface area contributed by atoms with E-state index in [0.717, 1.165) is 25.7 Å². The van der Waals surface area contributed by atoms with Crippen molar-refractivity contribution in [3.8, 4) is 0 Å². The van der Waals surface area contributed by atoms with Crippen molar-refractivity contribution in [3.63, 3.8) is 0 Å². The Kier molecular flexibility index (Phi) is 8.29. The maximum absolute atomic E-state index is 11.6. The third-order valence-corrected chi connectivity index (χ3v) is 2.24. The van der Waals surface area contributed by atoms with Crippen LogP contribution in [-0.2, 0) is 4.79 Å². The monoisotopic (exact) mass is 230 g/mol. The van der Waals surface area contributed by atoms with Crippen LogP contribution in [-0.4, -0.2) is 41.6 Å². The predicted molar refractivity (Wildman–Crippen MR) is 62.4 cm³/mol. The number of amides is 2. The lowest BCUT2D eigenvalue weighted by Crippen LogP contribution is -2.42. The van der Waals surface area contributed by atoms with Gasteiger partial charge in [0.2, 0.25) is 0 Å². The first-order chi connectivity index (χ1) is 7.61. The van der Waals surface area contributed by atoms with Crippen molar-refractivity contribution in [1.82, 2.24) is 10.2 Å². The third-order valence-electron chi connectivity index (χ3n) is 2.24. The summed E-state index contributed by atoms with van der Waals surface area (Å²) >= 11 is 0. The fourth-order valence-corrected chi connectivity index (χ4v) is 1.28. The van der Waals surface area contributed by atoms with Crippen LogP contribution in [0.2, 0.25) is 0 Å². The molecule has 5 nitrogen and oxygen atoms in total. The Hall–Kier alpha value is -1.26. The highest BCUT2D eigenvalue weighted by Crippen LogP contribution is 1.99. The van der Waals surface area contributed by atoms with E-state index in [1.807, 2.05) is 0 Å². The van der Waals surface area contributed by atoms with Gasteiger partial charge in [-0.15, -0.1) is 0 Å². The van der Waals surface area contributed by atoms with Crippen molar-refractivity contribution in [2.75, 3.05) is 19.6 Å². The molecular weight excluding hydrogens is 208 g/mol. The summed E-state index contributed by atoms with van der Waals surface area (Å²) < 4.78 is 0. The zero-order valence-electron chi connectivity index (χ0n) is 10.2. The van der Waals surface area contributed by atoms with Crippen molar-refractivity contribution in [3.05, 3.63) is 0 Å². The third kappa shape index (κ3) is 7.09. The number of nitrogens with zero attached hydrogens (tertiary/aromatic N) is 1. The van der Waals surface area contributed by atoms with Gasteiger partial charge in [0.1, 0.15) is 6.54 Å². The Labute approximate surface area is 96.8 Å². The summed E-state index contributed by atoms with van der Waals surface area (Å²) in [6.45, 7) is 5.21. The minimum absolute atomic E-state index is 0.274. The highest BCUT2D eigenvalue weighted by molar-refractivity contribution is 5.79. The average Bonchev–Trinajstić information content (AvgIpc) is 2.26. The van der Waals surface area contributed by atoms with Crippen LogP contribution < -0.4 is 5.32 Å². The molecule has 0 heterocycles. The second-order valence-electron chi connectivity index (χ2n) is 3.75. The molecule has 94 valence electrons. The molecule has 0 fully saturated rings. The fourth-order valence-electron chi connectivity index (χ4n) is 1.28. The first kappa shape index (κ1) is 14.7. The van der Waals surface area contributed by atoms with E-state index >= 15 is 0 Å². The average molecular weight is 230 g/mol. The number of nitrogens with one attached hydrogen (secondary N) is 1. The van der Waals surface area contributed by atoms with Gasteiger partial charge < -0.3 is 15.3 Å². The van der Waals surface area contributed by atoms with Crippen LogP contribution in [0.1, 0.15) is 39.5 Å². The molecule has 0 bridgehead atoms. The maximum atomic E-state index is 11.6. The minimum atomic E-state index is -1.01. The quantitative estimate of drug-likeness (QED) is 0.666. The molecule has 0 aromatic rings. The lowest BCUT2D eigenvalue weighted by Gasteiger charge is -2.22. The second-order valence-corrected chi connectivity index (χ2v) is 3.75. The van der Waals surface area contributed by atoms with Gasteiger partial charge in [0.05, 0.1) is 0 Å². The number of carboxylic acids is 1. The van der Waals surface area contributed by atoms with Gasteiger partial charge in [-0.3, -0.25) is 4.79 Å². The number of urea groups is 1. The number of hydrogen-bond acceptors (Lipinski definition) is 2. The molecule has 0 unspecified atom stereocenters. The van der Waals surface area contributed by atoms with Gasteiger partial charge in [0, 0.05) is 13.1 Å². The molecule has 0 saturated carbocycles. The molecule has 0 spiro atoms. The molecule has 5 heteroatoms. The molecule has 0 atom stereocenters. The van der Waals surface area contributed by atoms with Gasteiger partial charge >= 0.3 is 12.0 Å². The molecule has 0 aliphatic carbocycles. The van der Waals surface area contributed by atoms with Crippen LogP contribution in [0.15, 0.2) is 0 Å². The molecule has 0 saturated heterocycles. The topological polar surface area (TPSA) is 69.6 Å². The van der Waals surface area contributed by atoms with E-state index in [1.54, 1.807) is 4.90 Å². The molecule has 0 aromatic heterocycles. The standard InChI is InChI=1S/C11H22N2O3/c1-3-5-7-13(8-6-4-2)11(16)12-9-10(14)15/h3-9H2,1-2H3,(H,12,16)(H,14,15). The Morgan fingerprint density at radius 2 is 1.62 bits per heavy atom. The number of aliphatic carboxylic acids is 1. The maximum Gasteiger partial charge on any atom is 0.323 e. The van der Waals surface area contributed by atoms with Crippen LogP contribution in [0.25, 0.3) is 0 Å². The van der Waals surface area contributed by atoms with Gasteiger partial charge in [-0.05, 0) is 12.8 Å². The molecule has 2 N–H and O–H groups in total. The zero-order valence-corrected chi connectivity index (χ0v) is 10.2. The van der Waals surface area contributed by atoms with Gasteiger partial charge in [0.15, 0.2) is 0 Å². The smallest absolute Gasteiger partial charge is 0.323 e. The van der Waals surface area contributed by atoms with E-state index in [2.05, 4.69) is 19.2 Å². The molecule has 0 aromatic carbocycles. The van der Waals surface area contributed by atoms with Crippen LogP contribution in [0.4, 0.5) is 4.79 Å². The SMILES string of the molecule is CCCCN(CCCC)C(=O)NCC(=O)O. The van der Waals surface area contributed by atoms with Crippen molar-refractivity contribution in [2.24, 2.45) is 0 Å². The predicted octanol–water partition coefficient (Wildman–Crippen LogP) is 1.68. The van der Waals surface area contributed by atoms with Crippen molar-refractivity contribution >= 4 is 12.0 Å². The summed E-state index contributed by atoms with van der Waals surface area (Å²) in [5.74, 6) is -1.01. The first-order valence-corrected chi connectivity index (χ1v) is 5.86. The zero-order chi connectivity index (χ0) is 12.4. The minimum Gasteiger partial charge on any atom is -0.480 e. The molecule has 0 aliphatic heterocycles. The van der Waals surface area contributed by atoms with E-state index in [0.29, 0.717) is 13.1 Å². The summed E-state index contributed by atoms with van der Waals surface area (Å²) in [5.41, 5.74) is 0. The lowest BCUT2D eigenvalue weighted by molar-refractivity contribution is -0.135. The molecule has 0 radical (unpaired) electrons. The molecular formula is C11H22N2O3. The van der Waals surface area contributed by atoms with Crippen molar-refractivity contribution in [2.45, 2.75) is 39.5 Å². The fraction of sp³-hybridized carbons (Fsp3) is 0.818. The molecule has 16 heavy (non-hydrogen) atoms. The Morgan fingerprint density at radius 3 is 2.00 bits per heavy atom. The number of unbranched alkanes of at least 4 members (excludes halogenated alkanes) is 2. The van der Waals surface area contributed by atoms with Gasteiger partial charge in [-0.1, -0.05) is 26.7 Å². The number of hydrogen-bond donors (Lipinski definition) is 2. The number of carbonyl (C=O) groups excluding carboxylic acids is 1. The summed E-state index contributed by atoms with van der Waals surface area (Å²) in [5, 5.41) is 10.9. The van der Waals surface area contributed by atoms with E-state index in [9.17, 15) is 9.59 Å². The largest absolute Gasteiger partial charge is 0.480 e. The number of rotatable bonds is 8. The van der Waals surface area contributed by atoms with Gasteiger partial charge in [0.25, 0.3) is 0 Å². The normalized spacial score (nSPS) is 9.88. The lowest BCUT2D eigenvalue weighted by atomic mass is 10.3. The first-order valence-electron chi connectivity index (χ1n) is 5.86. The summed E-state index contributed by atoms with van der Waals surface area (Å²) in [6, 6.07) is -0.274. The van der Waals surface area contributed by atoms with Crippen LogP contribution in [0, 0.1) is 0 Å². The Balaban J connectivity index is 4.03. The summed E-state index contributed by atoms with van der Waals surface area (Å²) in [4.78, 5) is 23.6. The van der Waals surface area contributed by atoms with Gasteiger partial charge in [-0.2, -0.15) is 0 Å². The van der Waals surface area contributed by atoms with Crippen LogP contribution in [0.3, 0.4) is 0 Å². The highest BCUT2D eigenvalue weighted by Gasteiger charge is 2.12. The van der Waals surface area contributed by atoms with E-state index in [-0.39, 0.29) is 12.6 Å².